The second-order valence-corrected chi connectivity index (χ2v) is 9.16. The van der Waals surface area contributed by atoms with Crippen LogP contribution in [-0.4, -0.2) is 43.1 Å². The van der Waals surface area contributed by atoms with Gasteiger partial charge in [0.1, 0.15) is 11.9 Å². The summed E-state index contributed by atoms with van der Waals surface area (Å²) in [5.41, 5.74) is 3.95. The molecular weight excluding hydrogens is 433 g/mol. The summed E-state index contributed by atoms with van der Waals surface area (Å²) >= 11 is 0. The van der Waals surface area contributed by atoms with E-state index < -0.39 is 6.36 Å². The van der Waals surface area contributed by atoms with E-state index in [2.05, 4.69) is 21.0 Å². The Morgan fingerprint density at radius 2 is 1.73 bits per heavy atom. The van der Waals surface area contributed by atoms with Crippen molar-refractivity contribution in [3.63, 3.8) is 0 Å². The normalized spacial score (nSPS) is 26.4. The van der Waals surface area contributed by atoms with Crippen LogP contribution in [0.15, 0.2) is 42.5 Å². The van der Waals surface area contributed by atoms with E-state index in [0.29, 0.717) is 5.92 Å². The predicted octanol–water partition coefficient (Wildman–Crippen LogP) is 5.45. The third kappa shape index (κ3) is 5.11. The molecule has 0 radical (unpaired) electrons. The summed E-state index contributed by atoms with van der Waals surface area (Å²) in [6.07, 6.45) is -0.203. The first-order valence-corrected chi connectivity index (χ1v) is 11.5. The maximum Gasteiger partial charge on any atom is 0.573 e. The van der Waals surface area contributed by atoms with E-state index in [1.165, 1.54) is 12.1 Å². The fourth-order valence-electron chi connectivity index (χ4n) is 5.35. The van der Waals surface area contributed by atoms with Crippen molar-refractivity contribution in [2.45, 2.75) is 50.6 Å². The minimum absolute atomic E-state index is 0.0257. The standard InChI is InChI=1S/C25H27F3N2O3/c26-25(27,28)33-20-7-4-16(5-8-20)18-6-9-21-19(14-18)2-1-3-22(21)29-24(31)32-23-15-30-12-10-17(23)11-13-30/h4-9,14,17,22-23H,1-3,10-13,15H2,(H,29,31)/t22?,23-/m1/s1. The number of nitrogens with one attached hydrogen (secondary N) is 1. The molecule has 1 unspecified atom stereocenters. The number of carbonyl (C=O) groups excluding carboxylic acids is 1. The van der Waals surface area contributed by atoms with E-state index in [9.17, 15) is 18.0 Å². The van der Waals surface area contributed by atoms with Gasteiger partial charge >= 0.3 is 12.5 Å². The smallest absolute Gasteiger partial charge is 0.445 e. The first-order chi connectivity index (χ1) is 15.8. The molecule has 1 amide bonds. The highest BCUT2D eigenvalue weighted by Gasteiger charge is 2.37. The van der Waals surface area contributed by atoms with Gasteiger partial charge in [-0.25, -0.2) is 4.79 Å². The molecule has 8 heteroatoms. The molecule has 1 N–H and O–H groups in total. The van der Waals surface area contributed by atoms with Crippen molar-refractivity contribution in [1.29, 1.82) is 0 Å². The van der Waals surface area contributed by atoms with Crippen molar-refractivity contribution in [3.8, 4) is 16.9 Å². The van der Waals surface area contributed by atoms with Crippen LogP contribution in [0.4, 0.5) is 18.0 Å². The maximum absolute atomic E-state index is 12.6. The Labute approximate surface area is 190 Å². The predicted molar refractivity (Wildman–Crippen MR) is 117 cm³/mol. The van der Waals surface area contributed by atoms with E-state index >= 15 is 0 Å². The summed E-state index contributed by atoms with van der Waals surface area (Å²) < 4.78 is 46.9. The molecule has 33 heavy (non-hydrogen) atoms. The van der Waals surface area contributed by atoms with Crippen LogP contribution in [0, 0.1) is 5.92 Å². The number of piperidine rings is 3. The van der Waals surface area contributed by atoms with Crippen LogP contribution in [0.2, 0.25) is 0 Å². The second-order valence-electron chi connectivity index (χ2n) is 9.16. The molecule has 3 saturated heterocycles. The number of nitrogens with zero attached hydrogens (tertiary/aromatic N) is 1. The Balaban J connectivity index is 1.25. The SMILES string of the molecule is O=C(NC1CCCc2cc(-c3ccc(OC(F)(F)F)cc3)ccc21)O[C@@H]1CN2CCC1CC2. The zero-order valence-corrected chi connectivity index (χ0v) is 18.2. The van der Waals surface area contributed by atoms with Gasteiger partial charge in [0.2, 0.25) is 0 Å². The lowest BCUT2D eigenvalue weighted by Gasteiger charge is -2.44. The maximum atomic E-state index is 12.6. The van der Waals surface area contributed by atoms with Crippen molar-refractivity contribution < 1.29 is 27.4 Å². The van der Waals surface area contributed by atoms with Gasteiger partial charge in [0.15, 0.2) is 0 Å². The van der Waals surface area contributed by atoms with E-state index in [-0.39, 0.29) is 24.0 Å². The van der Waals surface area contributed by atoms with Crippen molar-refractivity contribution >= 4 is 6.09 Å². The number of fused-ring (bicyclic) bond motifs is 4. The number of amides is 1. The van der Waals surface area contributed by atoms with Crippen molar-refractivity contribution in [3.05, 3.63) is 53.6 Å². The average Bonchev–Trinajstić information content (AvgIpc) is 2.79. The van der Waals surface area contributed by atoms with Crippen LogP contribution >= 0.6 is 0 Å². The molecule has 0 saturated carbocycles. The molecule has 2 aromatic carbocycles. The second kappa shape index (κ2) is 8.89. The van der Waals surface area contributed by atoms with Crippen LogP contribution in [0.5, 0.6) is 5.75 Å². The number of halogens is 3. The number of alkyl halides is 3. The highest BCUT2D eigenvalue weighted by molar-refractivity contribution is 5.69. The van der Waals surface area contributed by atoms with Gasteiger partial charge in [0.25, 0.3) is 0 Å². The van der Waals surface area contributed by atoms with Crippen LogP contribution < -0.4 is 10.1 Å². The first kappa shape index (κ1) is 22.1. The lowest BCUT2D eigenvalue weighted by atomic mass is 9.85. The molecule has 5 nitrogen and oxygen atoms in total. The quantitative estimate of drug-likeness (QED) is 0.659. The fraction of sp³-hybridized carbons (Fsp3) is 0.480. The fourth-order valence-corrected chi connectivity index (χ4v) is 5.35. The Kier molecular flexibility index (Phi) is 5.95. The molecule has 2 bridgehead atoms. The largest absolute Gasteiger partial charge is 0.573 e. The summed E-state index contributed by atoms with van der Waals surface area (Å²) in [5.74, 6) is 0.227. The van der Waals surface area contributed by atoms with Crippen LogP contribution in [0.3, 0.4) is 0 Å². The third-order valence-corrected chi connectivity index (χ3v) is 7.03. The molecule has 6 rings (SSSR count). The number of aryl methyl sites for hydroxylation is 1. The Morgan fingerprint density at radius 1 is 1.00 bits per heavy atom. The van der Waals surface area contributed by atoms with E-state index in [1.54, 1.807) is 12.1 Å². The number of hydrogen-bond donors (Lipinski definition) is 1. The highest BCUT2D eigenvalue weighted by Crippen LogP contribution is 2.35. The summed E-state index contributed by atoms with van der Waals surface area (Å²) in [4.78, 5) is 15.0. The van der Waals surface area contributed by atoms with Crippen molar-refractivity contribution in [1.82, 2.24) is 10.2 Å². The molecule has 0 spiro atoms. The zero-order valence-electron chi connectivity index (χ0n) is 18.2. The molecule has 176 valence electrons. The van der Waals surface area contributed by atoms with Crippen LogP contribution in [0.1, 0.15) is 42.9 Å². The Bertz CT molecular complexity index is 1000. The molecule has 3 fully saturated rings. The number of benzene rings is 2. The summed E-state index contributed by atoms with van der Waals surface area (Å²) in [5, 5.41) is 3.07. The lowest BCUT2D eigenvalue weighted by Crippen LogP contribution is -2.52. The molecule has 1 aliphatic carbocycles. The van der Waals surface area contributed by atoms with Crippen LogP contribution in [-0.2, 0) is 11.2 Å². The summed E-state index contributed by atoms with van der Waals surface area (Å²) in [6.45, 7) is 3.03. The Hall–Kier alpha value is -2.74. The number of rotatable bonds is 4. The average molecular weight is 460 g/mol. The Morgan fingerprint density at radius 3 is 2.39 bits per heavy atom. The van der Waals surface area contributed by atoms with Gasteiger partial charge in [-0.3, -0.25) is 4.90 Å². The highest BCUT2D eigenvalue weighted by atomic mass is 19.4. The molecular formula is C25H27F3N2O3. The molecule has 2 aromatic rings. The van der Waals surface area contributed by atoms with Crippen molar-refractivity contribution in [2.75, 3.05) is 19.6 Å². The molecule has 3 heterocycles. The van der Waals surface area contributed by atoms with Gasteiger partial charge in [-0.15, -0.1) is 13.2 Å². The van der Waals surface area contributed by atoms with Gasteiger partial charge in [-0.1, -0.05) is 30.3 Å². The summed E-state index contributed by atoms with van der Waals surface area (Å²) in [6, 6.07) is 11.8. The third-order valence-electron chi connectivity index (χ3n) is 7.03. The molecule has 0 aromatic heterocycles. The van der Waals surface area contributed by atoms with Gasteiger partial charge in [0, 0.05) is 6.54 Å². The number of hydrogen-bond acceptors (Lipinski definition) is 4. The number of carbonyl (C=O) groups is 1. The zero-order chi connectivity index (χ0) is 23.0. The molecule has 3 aliphatic heterocycles. The lowest BCUT2D eigenvalue weighted by molar-refractivity contribution is -0.274. The topological polar surface area (TPSA) is 50.8 Å². The van der Waals surface area contributed by atoms with Gasteiger partial charge < -0.3 is 14.8 Å². The van der Waals surface area contributed by atoms with E-state index in [1.807, 2.05) is 12.1 Å². The van der Waals surface area contributed by atoms with E-state index in [0.717, 1.165) is 74.0 Å². The van der Waals surface area contributed by atoms with Gasteiger partial charge in [-0.2, -0.15) is 0 Å². The van der Waals surface area contributed by atoms with Gasteiger partial charge in [-0.05, 0) is 85.5 Å². The molecule has 2 atom stereocenters. The first-order valence-electron chi connectivity index (χ1n) is 11.5. The monoisotopic (exact) mass is 460 g/mol. The van der Waals surface area contributed by atoms with Crippen molar-refractivity contribution in [2.24, 2.45) is 5.92 Å². The number of ether oxygens (including phenoxy) is 2. The summed E-state index contributed by atoms with van der Waals surface area (Å²) in [7, 11) is 0. The minimum atomic E-state index is -4.70. The molecule has 4 aliphatic rings. The minimum Gasteiger partial charge on any atom is -0.445 e. The van der Waals surface area contributed by atoms with Gasteiger partial charge in [0.05, 0.1) is 6.04 Å². The van der Waals surface area contributed by atoms with Crippen LogP contribution in [0.25, 0.3) is 11.1 Å². The number of alkyl carbamates (subject to hydrolysis) is 1. The van der Waals surface area contributed by atoms with E-state index in [4.69, 9.17) is 4.74 Å².